The van der Waals surface area contributed by atoms with Gasteiger partial charge in [0, 0.05) is 17.2 Å². The second kappa shape index (κ2) is 11.3. The summed E-state index contributed by atoms with van der Waals surface area (Å²) in [5.41, 5.74) is 2.88. The number of aryl methyl sites for hydroxylation is 1. The van der Waals surface area contributed by atoms with E-state index in [1.807, 2.05) is 45.9 Å². The van der Waals surface area contributed by atoms with Gasteiger partial charge in [-0.05, 0) is 65.8 Å². The molecule has 0 bridgehead atoms. The van der Waals surface area contributed by atoms with Gasteiger partial charge in [0.1, 0.15) is 5.75 Å². The number of nitrogens with zero attached hydrogens (tertiary/aromatic N) is 4. The van der Waals surface area contributed by atoms with Gasteiger partial charge in [0.2, 0.25) is 0 Å². The highest BCUT2D eigenvalue weighted by Crippen LogP contribution is 2.34. The standard InChI is InChI=1S/C31H34N4O5/c1-19(2)23-16-24(20(3)14-28(23)39-7)29-33-25-11-9-8-10-22(25)30(36)34(29)32-17-21-12-13-27(26(15-21)35(37)38)40-18-31(4,5)6/h8-17,19H,18H2,1-7H3. The number of fused-ring (bicyclic) bond motifs is 1. The first-order chi connectivity index (χ1) is 18.9. The van der Waals surface area contributed by atoms with Crippen molar-refractivity contribution in [3.05, 3.63) is 91.8 Å². The Labute approximate surface area is 233 Å². The van der Waals surface area contributed by atoms with Gasteiger partial charge in [-0.15, -0.1) is 0 Å². The molecule has 0 amide bonds. The number of benzene rings is 3. The van der Waals surface area contributed by atoms with E-state index in [1.165, 1.54) is 17.0 Å². The lowest BCUT2D eigenvalue weighted by atomic mass is 9.96. The van der Waals surface area contributed by atoms with E-state index in [-0.39, 0.29) is 28.3 Å². The molecule has 0 atom stereocenters. The van der Waals surface area contributed by atoms with E-state index in [1.54, 1.807) is 37.4 Å². The zero-order valence-electron chi connectivity index (χ0n) is 23.9. The SMILES string of the molecule is COc1cc(C)c(-c2nc3ccccc3c(=O)n2N=Cc2ccc(OCC(C)(C)C)c([N+](=O)[O-])c2)cc1C(C)C. The Morgan fingerprint density at radius 3 is 2.48 bits per heavy atom. The van der Waals surface area contributed by atoms with Gasteiger partial charge in [0.25, 0.3) is 5.56 Å². The molecule has 9 nitrogen and oxygen atoms in total. The molecule has 0 saturated carbocycles. The van der Waals surface area contributed by atoms with Crippen molar-refractivity contribution in [2.45, 2.75) is 47.5 Å². The molecule has 0 aliphatic carbocycles. The van der Waals surface area contributed by atoms with Gasteiger partial charge in [0.05, 0.1) is 35.8 Å². The van der Waals surface area contributed by atoms with E-state index in [0.29, 0.717) is 28.9 Å². The molecule has 0 spiro atoms. The van der Waals surface area contributed by atoms with Crippen LogP contribution in [0.4, 0.5) is 5.69 Å². The zero-order valence-corrected chi connectivity index (χ0v) is 23.9. The van der Waals surface area contributed by atoms with Crippen LogP contribution in [0.25, 0.3) is 22.3 Å². The maximum Gasteiger partial charge on any atom is 0.311 e. The van der Waals surface area contributed by atoms with Crippen molar-refractivity contribution in [2.75, 3.05) is 13.7 Å². The lowest BCUT2D eigenvalue weighted by molar-refractivity contribution is -0.386. The number of nitro benzene ring substituents is 1. The normalized spacial score (nSPS) is 11.9. The molecule has 0 N–H and O–H groups in total. The van der Waals surface area contributed by atoms with Crippen LogP contribution in [-0.2, 0) is 0 Å². The Hall–Kier alpha value is -4.53. The second-order valence-electron chi connectivity index (χ2n) is 11.2. The number of ether oxygens (including phenoxy) is 2. The van der Waals surface area contributed by atoms with E-state index in [9.17, 15) is 14.9 Å². The highest BCUT2D eigenvalue weighted by atomic mass is 16.6. The molecule has 4 rings (SSSR count). The van der Waals surface area contributed by atoms with Gasteiger partial charge in [0.15, 0.2) is 11.6 Å². The summed E-state index contributed by atoms with van der Waals surface area (Å²) < 4.78 is 12.6. The minimum Gasteiger partial charge on any atom is -0.496 e. The largest absolute Gasteiger partial charge is 0.496 e. The zero-order chi connectivity index (χ0) is 29.2. The molecule has 3 aromatic carbocycles. The molecule has 0 radical (unpaired) electrons. The van der Waals surface area contributed by atoms with Crippen LogP contribution in [0, 0.1) is 22.5 Å². The monoisotopic (exact) mass is 542 g/mol. The molecule has 1 aromatic heterocycles. The van der Waals surface area contributed by atoms with Gasteiger partial charge < -0.3 is 9.47 Å². The average Bonchev–Trinajstić information content (AvgIpc) is 2.90. The minimum absolute atomic E-state index is 0.163. The van der Waals surface area contributed by atoms with Crippen molar-refractivity contribution in [2.24, 2.45) is 10.5 Å². The number of nitro groups is 1. The molecule has 0 aliphatic rings. The molecule has 0 unspecified atom stereocenters. The van der Waals surface area contributed by atoms with E-state index < -0.39 is 4.92 Å². The number of hydrogen-bond donors (Lipinski definition) is 0. The molecule has 40 heavy (non-hydrogen) atoms. The van der Waals surface area contributed by atoms with Crippen LogP contribution in [0.1, 0.15) is 57.2 Å². The fourth-order valence-electron chi connectivity index (χ4n) is 4.27. The maximum atomic E-state index is 13.7. The quantitative estimate of drug-likeness (QED) is 0.139. The Morgan fingerprint density at radius 2 is 1.82 bits per heavy atom. The van der Waals surface area contributed by atoms with Gasteiger partial charge in [-0.1, -0.05) is 46.8 Å². The molecule has 1 heterocycles. The molecule has 0 saturated heterocycles. The summed E-state index contributed by atoms with van der Waals surface area (Å²) in [5.74, 6) is 1.47. The summed E-state index contributed by atoms with van der Waals surface area (Å²) in [6, 6.07) is 15.6. The van der Waals surface area contributed by atoms with Crippen molar-refractivity contribution < 1.29 is 14.4 Å². The van der Waals surface area contributed by atoms with Crippen molar-refractivity contribution in [3.63, 3.8) is 0 Å². The molecule has 9 heteroatoms. The fourth-order valence-corrected chi connectivity index (χ4v) is 4.27. The number of hydrogen-bond acceptors (Lipinski definition) is 7. The first-order valence-electron chi connectivity index (χ1n) is 13.1. The molecule has 4 aromatic rings. The summed E-state index contributed by atoms with van der Waals surface area (Å²) in [6.07, 6.45) is 1.42. The Morgan fingerprint density at radius 1 is 1.10 bits per heavy atom. The Kier molecular flexibility index (Phi) is 8.04. The molecule has 208 valence electrons. The second-order valence-corrected chi connectivity index (χ2v) is 11.2. The van der Waals surface area contributed by atoms with E-state index in [4.69, 9.17) is 14.5 Å². The summed E-state index contributed by atoms with van der Waals surface area (Å²) >= 11 is 0. The molecular formula is C31H34N4O5. The third-order valence-corrected chi connectivity index (χ3v) is 6.36. The number of rotatable bonds is 8. The van der Waals surface area contributed by atoms with Gasteiger partial charge in [-0.25, -0.2) is 4.98 Å². The van der Waals surface area contributed by atoms with Crippen LogP contribution in [0.2, 0.25) is 0 Å². The van der Waals surface area contributed by atoms with Crippen LogP contribution in [0.15, 0.2) is 64.5 Å². The summed E-state index contributed by atoms with van der Waals surface area (Å²) in [5, 5.41) is 16.7. The van der Waals surface area contributed by atoms with Crippen LogP contribution in [0.3, 0.4) is 0 Å². The summed E-state index contributed by atoms with van der Waals surface area (Å²) in [4.78, 5) is 29.8. The maximum absolute atomic E-state index is 13.7. The first-order valence-corrected chi connectivity index (χ1v) is 13.1. The summed E-state index contributed by atoms with van der Waals surface area (Å²) in [6.45, 7) is 12.3. The molecule has 0 fully saturated rings. The predicted octanol–water partition coefficient (Wildman–Crippen LogP) is 6.72. The number of methoxy groups -OCH3 is 1. The molecular weight excluding hydrogens is 508 g/mol. The van der Waals surface area contributed by atoms with Crippen LogP contribution in [-0.4, -0.2) is 34.5 Å². The average molecular weight is 543 g/mol. The number of aromatic nitrogens is 2. The van der Waals surface area contributed by atoms with E-state index in [0.717, 1.165) is 22.4 Å². The highest BCUT2D eigenvalue weighted by molar-refractivity contribution is 5.83. The topological polar surface area (TPSA) is 109 Å². The van der Waals surface area contributed by atoms with Crippen LogP contribution in [0.5, 0.6) is 11.5 Å². The van der Waals surface area contributed by atoms with E-state index >= 15 is 0 Å². The lowest BCUT2D eigenvalue weighted by Crippen LogP contribution is -2.21. The highest BCUT2D eigenvalue weighted by Gasteiger charge is 2.20. The molecule has 0 aliphatic heterocycles. The predicted molar refractivity (Wildman–Crippen MR) is 158 cm³/mol. The van der Waals surface area contributed by atoms with Crippen molar-refractivity contribution in [1.82, 2.24) is 9.66 Å². The summed E-state index contributed by atoms with van der Waals surface area (Å²) in [7, 11) is 1.63. The number of para-hydroxylation sites is 1. The third kappa shape index (κ3) is 6.03. The smallest absolute Gasteiger partial charge is 0.311 e. The first kappa shape index (κ1) is 28.5. The Bertz CT molecular complexity index is 1670. The van der Waals surface area contributed by atoms with Crippen molar-refractivity contribution >= 4 is 22.8 Å². The van der Waals surface area contributed by atoms with Crippen molar-refractivity contribution in [1.29, 1.82) is 0 Å². The third-order valence-electron chi connectivity index (χ3n) is 6.36. The van der Waals surface area contributed by atoms with Gasteiger partial charge in [-0.3, -0.25) is 14.9 Å². The van der Waals surface area contributed by atoms with E-state index in [2.05, 4.69) is 18.9 Å². The Balaban J connectivity index is 1.87. The lowest BCUT2D eigenvalue weighted by Gasteiger charge is -2.18. The van der Waals surface area contributed by atoms with Crippen LogP contribution >= 0.6 is 0 Å². The fraction of sp³-hybridized carbons (Fsp3) is 0.323. The minimum atomic E-state index is -0.487. The van der Waals surface area contributed by atoms with Crippen molar-refractivity contribution in [3.8, 4) is 22.9 Å². The van der Waals surface area contributed by atoms with Crippen LogP contribution < -0.4 is 15.0 Å². The van der Waals surface area contributed by atoms with Gasteiger partial charge >= 0.3 is 5.69 Å². The van der Waals surface area contributed by atoms with Gasteiger partial charge in [-0.2, -0.15) is 9.78 Å².